The van der Waals surface area contributed by atoms with Gasteiger partial charge in [0.2, 0.25) is 0 Å². The molecule has 116 valence electrons. The Labute approximate surface area is 128 Å². The minimum absolute atomic E-state index is 0.134. The van der Waals surface area contributed by atoms with Gasteiger partial charge in [-0.15, -0.1) is 0 Å². The lowest BCUT2D eigenvalue weighted by Crippen LogP contribution is -2.06. The Morgan fingerprint density at radius 3 is 2.36 bits per heavy atom. The van der Waals surface area contributed by atoms with Crippen molar-refractivity contribution < 1.29 is 23.1 Å². The van der Waals surface area contributed by atoms with Gasteiger partial charge in [0.25, 0.3) is 5.12 Å². The number of aliphatic hydroxyl groups excluding tert-OH is 1. The fourth-order valence-electron chi connectivity index (χ4n) is 1.65. The van der Waals surface area contributed by atoms with E-state index >= 15 is 0 Å². The predicted molar refractivity (Wildman–Crippen MR) is 75.7 cm³/mol. The van der Waals surface area contributed by atoms with E-state index in [1.807, 2.05) is 0 Å². The van der Waals surface area contributed by atoms with Crippen molar-refractivity contribution in [1.29, 1.82) is 5.26 Å². The number of allylic oxidation sites excluding steroid dienone is 1. The Morgan fingerprint density at radius 2 is 1.91 bits per heavy atom. The molecular formula is C14H11F3N2O2S. The number of rotatable bonds is 4. The number of hydrogen-bond acceptors (Lipinski definition) is 5. The molecule has 0 aliphatic heterocycles. The first-order valence-corrected chi connectivity index (χ1v) is 7.12. The number of nitriles is 1. The van der Waals surface area contributed by atoms with Crippen molar-refractivity contribution in [2.24, 2.45) is 5.92 Å². The minimum atomic E-state index is -4.42. The first-order chi connectivity index (χ1) is 10.3. The van der Waals surface area contributed by atoms with Crippen LogP contribution in [0.2, 0.25) is 0 Å². The van der Waals surface area contributed by atoms with Gasteiger partial charge in [0.1, 0.15) is 17.4 Å². The van der Waals surface area contributed by atoms with E-state index in [1.54, 1.807) is 6.07 Å². The first kappa shape index (κ1) is 16.2. The molecule has 1 aromatic rings. The van der Waals surface area contributed by atoms with Crippen LogP contribution in [0.15, 0.2) is 35.6 Å². The number of alkyl halides is 3. The summed E-state index contributed by atoms with van der Waals surface area (Å²) >= 11 is 0.539. The van der Waals surface area contributed by atoms with E-state index in [-0.39, 0.29) is 22.9 Å². The molecule has 2 rings (SSSR count). The molecule has 0 spiro atoms. The van der Waals surface area contributed by atoms with Gasteiger partial charge in [-0.3, -0.25) is 4.79 Å². The van der Waals surface area contributed by atoms with Crippen LogP contribution in [0, 0.1) is 17.2 Å². The zero-order valence-electron chi connectivity index (χ0n) is 11.1. The number of benzene rings is 1. The molecule has 1 fully saturated rings. The van der Waals surface area contributed by atoms with Gasteiger partial charge in [-0.05, 0) is 37.1 Å². The van der Waals surface area contributed by atoms with Gasteiger partial charge in [-0.1, -0.05) is 0 Å². The van der Waals surface area contributed by atoms with E-state index in [0.29, 0.717) is 11.9 Å². The van der Waals surface area contributed by atoms with Crippen molar-refractivity contribution in [2.75, 3.05) is 4.72 Å². The van der Waals surface area contributed by atoms with Gasteiger partial charge in [0.05, 0.1) is 5.56 Å². The quantitative estimate of drug-likeness (QED) is 0.378. The molecule has 0 bridgehead atoms. The van der Waals surface area contributed by atoms with Gasteiger partial charge in [-0.2, -0.15) is 18.4 Å². The number of aliphatic hydroxyl groups is 1. The highest BCUT2D eigenvalue weighted by molar-refractivity contribution is 8.15. The summed E-state index contributed by atoms with van der Waals surface area (Å²) in [6.07, 6.45) is -2.95. The molecule has 2 N–H and O–H groups in total. The van der Waals surface area contributed by atoms with Crippen molar-refractivity contribution in [3.63, 3.8) is 0 Å². The van der Waals surface area contributed by atoms with Crippen LogP contribution in [-0.4, -0.2) is 10.2 Å². The smallest absolute Gasteiger partial charge is 0.416 e. The summed E-state index contributed by atoms with van der Waals surface area (Å²) in [5.74, 6) is -0.348. The van der Waals surface area contributed by atoms with Crippen LogP contribution in [0.3, 0.4) is 0 Å². The van der Waals surface area contributed by atoms with Crippen molar-refractivity contribution >= 4 is 22.8 Å². The van der Waals surface area contributed by atoms with Crippen LogP contribution in [0.1, 0.15) is 18.4 Å². The molecule has 1 aliphatic carbocycles. The summed E-state index contributed by atoms with van der Waals surface area (Å²) in [5, 5.41) is 17.9. The zero-order chi connectivity index (χ0) is 16.3. The molecule has 1 saturated carbocycles. The molecule has 8 heteroatoms. The summed E-state index contributed by atoms with van der Waals surface area (Å²) in [7, 11) is 0. The topological polar surface area (TPSA) is 73.1 Å². The summed E-state index contributed by atoms with van der Waals surface area (Å²) < 4.78 is 39.8. The van der Waals surface area contributed by atoms with Crippen LogP contribution in [0.25, 0.3) is 0 Å². The van der Waals surface area contributed by atoms with Crippen LogP contribution >= 0.6 is 11.9 Å². The minimum Gasteiger partial charge on any atom is -0.510 e. The highest BCUT2D eigenvalue weighted by atomic mass is 32.2. The van der Waals surface area contributed by atoms with Crippen LogP contribution < -0.4 is 4.72 Å². The average Bonchev–Trinajstić information content (AvgIpc) is 3.30. The van der Waals surface area contributed by atoms with Crippen LogP contribution in [0.5, 0.6) is 0 Å². The Balaban J connectivity index is 1.99. The third-order valence-electron chi connectivity index (χ3n) is 3.01. The fourth-order valence-corrected chi connectivity index (χ4v) is 2.25. The molecular weight excluding hydrogens is 317 g/mol. The normalized spacial score (nSPS) is 15.7. The molecule has 1 aromatic carbocycles. The van der Waals surface area contributed by atoms with Crippen molar-refractivity contribution in [1.82, 2.24) is 0 Å². The highest BCUT2D eigenvalue weighted by Gasteiger charge is 2.31. The maximum atomic E-state index is 12.4. The van der Waals surface area contributed by atoms with Gasteiger partial charge in [0, 0.05) is 23.6 Å². The number of carbonyl (C=O) groups excluding carboxylic acids is 1. The third kappa shape index (κ3) is 3.95. The molecule has 0 atom stereocenters. The molecule has 0 heterocycles. The third-order valence-corrected chi connectivity index (χ3v) is 3.74. The number of carbonyl (C=O) groups is 1. The predicted octanol–water partition coefficient (Wildman–Crippen LogP) is 4.04. The van der Waals surface area contributed by atoms with Crippen LogP contribution in [-0.2, 0) is 11.0 Å². The lowest BCUT2D eigenvalue weighted by Gasteiger charge is -2.08. The van der Waals surface area contributed by atoms with E-state index in [2.05, 4.69) is 4.72 Å². The molecule has 0 amide bonds. The number of hydrogen-bond donors (Lipinski definition) is 2. The summed E-state index contributed by atoms with van der Waals surface area (Å²) in [6.45, 7) is 0. The van der Waals surface area contributed by atoms with Crippen molar-refractivity contribution in [3.8, 4) is 6.07 Å². The van der Waals surface area contributed by atoms with E-state index in [1.165, 1.54) is 12.1 Å². The maximum Gasteiger partial charge on any atom is 0.416 e. The summed E-state index contributed by atoms with van der Waals surface area (Å²) in [4.78, 5) is 11.8. The molecule has 0 saturated heterocycles. The Hall–Kier alpha value is -2.14. The molecule has 0 aromatic heterocycles. The van der Waals surface area contributed by atoms with E-state index in [4.69, 9.17) is 5.26 Å². The molecule has 1 aliphatic rings. The van der Waals surface area contributed by atoms with Crippen molar-refractivity contribution in [2.45, 2.75) is 19.0 Å². The molecule has 4 nitrogen and oxygen atoms in total. The lowest BCUT2D eigenvalue weighted by atomic mass is 10.2. The van der Waals surface area contributed by atoms with E-state index in [0.717, 1.165) is 25.0 Å². The van der Waals surface area contributed by atoms with Crippen LogP contribution in [0.4, 0.5) is 18.9 Å². The molecule has 0 radical (unpaired) electrons. The summed E-state index contributed by atoms with van der Waals surface area (Å²) in [6, 6.07) is 5.79. The number of nitrogens with zero attached hydrogens (tertiary/aromatic N) is 1. The number of nitrogens with one attached hydrogen (secondary N) is 1. The van der Waals surface area contributed by atoms with Gasteiger partial charge < -0.3 is 9.83 Å². The maximum absolute atomic E-state index is 12.4. The SMILES string of the molecule is N#CC(C(=O)SNc1ccc(C(F)(F)F)cc1)=C(O)C1CC1. The van der Waals surface area contributed by atoms with Gasteiger partial charge >= 0.3 is 6.18 Å². The second-order valence-corrected chi connectivity index (χ2v) is 5.49. The Bertz CT molecular complexity index is 644. The summed E-state index contributed by atoms with van der Waals surface area (Å²) in [5.41, 5.74) is -0.833. The average molecular weight is 328 g/mol. The highest BCUT2D eigenvalue weighted by Crippen LogP contribution is 2.37. The van der Waals surface area contributed by atoms with Gasteiger partial charge in [-0.25, -0.2) is 0 Å². The zero-order valence-corrected chi connectivity index (χ0v) is 12.0. The standard InChI is InChI=1S/C14H11F3N2O2S/c15-14(16,17)9-3-5-10(6-4-9)19-22-13(21)11(7-18)12(20)8-1-2-8/h3-6,8,19-20H,1-2H2. The second-order valence-electron chi connectivity index (χ2n) is 4.71. The number of halogens is 3. The van der Waals surface area contributed by atoms with E-state index in [9.17, 15) is 23.1 Å². The first-order valence-electron chi connectivity index (χ1n) is 6.30. The Kier molecular flexibility index (Phi) is 4.66. The largest absolute Gasteiger partial charge is 0.510 e. The second kappa shape index (κ2) is 6.32. The lowest BCUT2D eigenvalue weighted by molar-refractivity contribution is -0.137. The van der Waals surface area contributed by atoms with Gasteiger partial charge in [0.15, 0.2) is 0 Å². The monoisotopic (exact) mass is 328 g/mol. The van der Waals surface area contributed by atoms with E-state index < -0.39 is 16.9 Å². The van der Waals surface area contributed by atoms with Crippen molar-refractivity contribution in [3.05, 3.63) is 41.2 Å². The molecule has 0 unspecified atom stereocenters. The Morgan fingerprint density at radius 1 is 1.32 bits per heavy atom. The number of anilines is 1. The molecule has 22 heavy (non-hydrogen) atoms. The fraction of sp³-hybridized carbons (Fsp3) is 0.286.